The molecule has 1 aliphatic rings. The van der Waals surface area contributed by atoms with E-state index in [1.165, 1.54) is 0 Å². The van der Waals surface area contributed by atoms with Crippen molar-refractivity contribution in [2.75, 3.05) is 13.7 Å². The number of hydrogen-bond acceptors (Lipinski definition) is 2. The fourth-order valence-corrected chi connectivity index (χ4v) is 1.55. The molecule has 0 spiro atoms. The molecule has 0 aromatic heterocycles. The molecule has 0 aliphatic carbocycles. The van der Waals surface area contributed by atoms with Gasteiger partial charge in [0.05, 0.1) is 7.11 Å². The molecule has 1 heterocycles. The maximum atomic E-state index is 11.0. The molecule has 1 N–H and O–H groups in total. The van der Waals surface area contributed by atoms with E-state index < -0.39 is 0 Å². The molecule has 1 fully saturated rings. The van der Waals surface area contributed by atoms with E-state index in [1.54, 1.807) is 7.11 Å². The van der Waals surface area contributed by atoms with Crippen LogP contribution in [0.2, 0.25) is 0 Å². The van der Waals surface area contributed by atoms with Crippen molar-refractivity contribution >= 4 is 5.91 Å². The van der Waals surface area contributed by atoms with E-state index >= 15 is 0 Å². The lowest BCUT2D eigenvalue weighted by molar-refractivity contribution is -0.118. The molecule has 3 heteroatoms. The Balaban J connectivity index is 2.13. The summed E-state index contributed by atoms with van der Waals surface area (Å²) in [6.45, 7) is 0.672. The van der Waals surface area contributed by atoms with Gasteiger partial charge in [-0.15, -0.1) is 0 Å². The third kappa shape index (κ3) is 1.71. The number of hydrogen-bond donors (Lipinski definition) is 1. The summed E-state index contributed by atoms with van der Waals surface area (Å²) in [6, 6.07) is 7.78. The van der Waals surface area contributed by atoms with Crippen LogP contribution in [0.5, 0.6) is 5.75 Å². The predicted octanol–water partition coefficient (Wildman–Crippen LogP) is 1.14. The number of carbonyl (C=O) groups excluding carboxylic acids is 1. The van der Waals surface area contributed by atoms with Gasteiger partial charge in [-0.25, -0.2) is 0 Å². The molecule has 14 heavy (non-hydrogen) atoms. The summed E-state index contributed by atoms with van der Waals surface area (Å²) in [6.07, 6.45) is 0.520. The molecule has 0 saturated carbocycles. The van der Waals surface area contributed by atoms with E-state index in [1.807, 2.05) is 24.3 Å². The van der Waals surface area contributed by atoms with Gasteiger partial charge in [0, 0.05) is 18.9 Å². The van der Waals surface area contributed by atoms with Crippen LogP contribution in [0, 0.1) is 5.92 Å². The summed E-state index contributed by atoms with van der Waals surface area (Å²) < 4.78 is 5.06. The summed E-state index contributed by atoms with van der Waals surface area (Å²) in [5.74, 6) is 2.10. The fourth-order valence-electron chi connectivity index (χ4n) is 1.55. The first-order valence-corrected chi connectivity index (χ1v) is 4.55. The molecule has 1 aliphatic heterocycles. The highest BCUT2D eigenvalue weighted by molar-refractivity contribution is 5.82. The highest BCUT2D eigenvalue weighted by Gasteiger charge is 2.23. The molecule has 1 aromatic carbocycles. The second kappa shape index (κ2) is 3.70. The van der Waals surface area contributed by atoms with Gasteiger partial charge in [0.25, 0.3) is 0 Å². The molecule has 0 bridgehead atoms. The lowest BCUT2D eigenvalue weighted by Crippen LogP contribution is -2.13. The van der Waals surface area contributed by atoms with Crippen LogP contribution in [0.3, 0.4) is 0 Å². The van der Waals surface area contributed by atoms with Crippen molar-refractivity contribution in [3.8, 4) is 5.75 Å². The highest BCUT2D eigenvalue weighted by Crippen LogP contribution is 2.23. The minimum Gasteiger partial charge on any atom is -0.497 e. The maximum absolute atomic E-state index is 11.0. The highest BCUT2D eigenvalue weighted by atomic mass is 16.5. The fraction of sp³-hybridized carbons (Fsp3) is 0.273. The molecular weight excluding hydrogens is 178 g/mol. The van der Waals surface area contributed by atoms with Crippen LogP contribution < -0.4 is 10.1 Å². The number of rotatable bonds is 2. The normalized spacial score (nSPS) is 16.8. The number of carbonyl (C=O) groups is 1. The first kappa shape index (κ1) is 9.06. The minimum absolute atomic E-state index is 0.107. The van der Waals surface area contributed by atoms with E-state index in [0.717, 1.165) is 17.2 Å². The van der Waals surface area contributed by atoms with Gasteiger partial charge in [-0.3, -0.25) is 4.79 Å². The SMILES string of the molecule is COc1ccc([C]2CNC(=O)C2)cc1. The second-order valence-corrected chi connectivity index (χ2v) is 3.29. The van der Waals surface area contributed by atoms with Gasteiger partial charge < -0.3 is 10.1 Å². The van der Waals surface area contributed by atoms with E-state index in [9.17, 15) is 4.79 Å². The number of benzene rings is 1. The number of nitrogens with one attached hydrogen (secondary N) is 1. The van der Waals surface area contributed by atoms with Gasteiger partial charge in [-0.1, -0.05) is 12.1 Å². The van der Waals surface area contributed by atoms with Crippen LogP contribution in [0.4, 0.5) is 0 Å². The Labute approximate surface area is 83.1 Å². The van der Waals surface area contributed by atoms with E-state index in [0.29, 0.717) is 13.0 Å². The van der Waals surface area contributed by atoms with Crippen LogP contribution in [-0.4, -0.2) is 19.6 Å². The summed E-state index contributed by atoms with van der Waals surface area (Å²) in [5, 5.41) is 2.79. The number of amides is 1. The molecule has 1 amide bonds. The average molecular weight is 190 g/mol. The quantitative estimate of drug-likeness (QED) is 0.759. The van der Waals surface area contributed by atoms with E-state index in [2.05, 4.69) is 5.32 Å². The number of methoxy groups -OCH3 is 1. The monoisotopic (exact) mass is 190 g/mol. The topological polar surface area (TPSA) is 38.3 Å². The molecule has 1 radical (unpaired) electrons. The van der Waals surface area contributed by atoms with Gasteiger partial charge >= 0.3 is 0 Å². The Bertz CT molecular complexity index is 332. The smallest absolute Gasteiger partial charge is 0.221 e. The van der Waals surface area contributed by atoms with Crippen molar-refractivity contribution in [3.63, 3.8) is 0 Å². The summed E-state index contributed by atoms with van der Waals surface area (Å²) in [7, 11) is 1.64. The van der Waals surface area contributed by atoms with Gasteiger partial charge in [0.2, 0.25) is 5.91 Å². The largest absolute Gasteiger partial charge is 0.497 e. The molecule has 0 atom stereocenters. The molecule has 3 nitrogen and oxygen atoms in total. The zero-order chi connectivity index (χ0) is 9.97. The van der Waals surface area contributed by atoms with E-state index in [4.69, 9.17) is 4.74 Å². The van der Waals surface area contributed by atoms with Crippen molar-refractivity contribution in [2.24, 2.45) is 0 Å². The van der Waals surface area contributed by atoms with E-state index in [-0.39, 0.29) is 5.91 Å². The van der Waals surface area contributed by atoms with Crippen LogP contribution in [-0.2, 0) is 4.79 Å². The van der Waals surface area contributed by atoms with Gasteiger partial charge in [0.15, 0.2) is 0 Å². The zero-order valence-electron chi connectivity index (χ0n) is 8.04. The Hall–Kier alpha value is -1.51. The van der Waals surface area contributed by atoms with Crippen molar-refractivity contribution in [1.82, 2.24) is 5.32 Å². The average Bonchev–Trinajstić information content (AvgIpc) is 2.65. The lowest BCUT2D eigenvalue weighted by atomic mass is 9.98. The minimum atomic E-state index is 0.107. The van der Waals surface area contributed by atoms with Crippen molar-refractivity contribution in [2.45, 2.75) is 6.42 Å². The van der Waals surface area contributed by atoms with Gasteiger partial charge in [-0.2, -0.15) is 0 Å². The standard InChI is InChI=1S/C11H12NO2/c1-14-10-4-2-8(3-5-10)9-6-11(13)12-7-9/h2-5H,6-7H2,1H3,(H,12,13). The summed E-state index contributed by atoms with van der Waals surface area (Å²) >= 11 is 0. The maximum Gasteiger partial charge on any atom is 0.221 e. The molecule has 2 rings (SSSR count). The van der Waals surface area contributed by atoms with Gasteiger partial charge in [-0.05, 0) is 17.7 Å². The molecular formula is C11H12NO2. The van der Waals surface area contributed by atoms with Crippen LogP contribution in [0.25, 0.3) is 0 Å². The van der Waals surface area contributed by atoms with Crippen LogP contribution >= 0.6 is 0 Å². The summed E-state index contributed by atoms with van der Waals surface area (Å²) in [4.78, 5) is 11.0. The van der Waals surface area contributed by atoms with Crippen LogP contribution in [0.1, 0.15) is 12.0 Å². The second-order valence-electron chi connectivity index (χ2n) is 3.29. The predicted molar refractivity (Wildman–Crippen MR) is 53.0 cm³/mol. The zero-order valence-corrected chi connectivity index (χ0v) is 8.04. The third-order valence-corrected chi connectivity index (χ3v) is 2.37. The Morgan fingerprint density at radius 3 is 2.50 bits per heavy atom. The third-order valence-electron chi connectivity index (χ3n) is 2.37. The van der Waals surface area contributed by atoms with Crippen molar-refractivity contribution in [1.29, 1.82) is 0 Å². The molecule has 0 unspecified atom stereocenters. The van der Waals surface area contributed by atoms with Gasteiger partial charge in [0.1, 0.15) is 5.75 Å². The first-order chi connectivity index (χ1) is 6.79. The van der Waals surface area contributed by atoms with Crippen LogP contribution in [0.15, 0.2) is 24.3 Å². The Morgan fingerprint density at radius 2 is 2.00 bits per heavy atom. The summed E-state index contributed by atoms with van der Waals surface area (Å²) in [5.41, 5.74) is 1.11. The number of ether oxygens (including phenoxy) is 1. The Morgan fingerprint density at radius 1 is 1.29 bits per heavy atom. The van der Waals surface area contributed by atoms with Crippen molar-refractivity contribution < 1.29 is 9.53 Å². The molecule has 1 saturated heterocycles. The lowest BCUT2D eigenvalue weighted by Gasteiger charge is -2.07. The van der Waals surface area contributed by atoms with Crippen molar-refractivity contribution in [3.05, 3.63) is 35.7 Å². The molecule has 1 aromatic rings. The Kier molecular flexibility index (Phi) is 2.39. The first-order valence-electron chi connectivity index (χ1n) is 4.55. The molecule has 73 valence electrons.